The fourth-order valence-corrected chi connectivity index (χ4v) is 3.10. The van der Waals surface area contributed by atoms with Crippen molar-refractivity contribution in [3.05, 3.63) is 28.2 Å². The van der Waals surface area contributed by atoms with Crippen LogP contribution in [0.15, 0.2) is 22.7 Å². The zero-order chi connectivity index (χ0) is 14.4. The largest absolute Gasteiger partial charge is 0.389 e. The third kappa shape index (κ3) is 4.72. The highest BCUT2D eigenvalue weighted by Crippen LogP contribution is 2.24. The molecule has 1 aliphatic rings. The molecule has 0 radical (unpaired) electrons. The van der Waals surface area contributed by atoms with Crippen molar-refractivity contribution in [3.8, 4) is 0 Å². The van der Waals surface area contributed by atoms with Gasteiger partial charge in [0.25, 0.3) is 0 Å². The number of halogens is 1. The molecule has 0 aliphatic heterocycles. The Morgan fingerprint density at radius 3 is 2.75 bits per heavy atom. The molecule has 0 amide bonds. The molecular formula is C15H21BrN2OS. The van der Waals surface area contributed by atoms with Crippen LogP contribution in [0.3, 0.4) is 0 Å². The van der Waals surface area contributed by atoms with Gasteiger partial charge in [-0.1, -0.05) is 31.5 Å². The second-order valence-corrected chi connectivity index (χ2v) is 6.41. The Labute approximate surface area is 134 Å². The van der Waals surface area contributed by atoms with E-state index in [2.05, 4.69) is 21.2 Å². The molecule has 2 rings (SSSR count). The number of ether oxygens (including phenoxy) is 1. The van der Waals surface area contributed by atoms with Gasteiger partial charge in [0.05, 0.1) is 12.7 Å². The zero-order valence-corrected chi connectivity index (χ0v) is 13.9. The third-order valence-corrected chi connectivity index (χ3v) is 4.47. The van der Waals surface area contributed by atoms with E-state index in [1.54, 1.807) is 0 Å². The minimum atomic E-state index is 0.415. The lowest BCUT2D eigenvalue weighted by molar-refractivity contribution is 0.0347. The standard InChI is InChI=1S/C15H21BrN2OS/c16-13-10-11(15(17)20)6-7-14(13)18-8-9-19-12-4-2-1-3-5-12/h6-7,10,12,18H,1-5,8-9H2,(H2,17,20). The van der Waals surface area contributed by atoms with Crippen LogP contribution >= 0.6 is 28.1 Å². The number of rotatable bonds is 6. The first-order valence-corrected chi connectivity index (χ1v) is 8.32. The lowest BCUT2D eigenvalue weighted by Crippen LogP contribution is -2.20. The van der Waals surface area contributed by atoms with Crippen molar-refractivity contribution in [1.82, 2.24) is 0 Å². The van der Waals surface area contributed by atoms with Crippen LogP contribution in [0, 0.1) is 0 Å². The van der Waals surface area contributed by atoms with Crippen LogP contribution in [0.2, 0.25) is 0 Å². The van der Waals surface area contributed by atoms with E-state index in [0.717, 1.165) is 28.9 Å². The van der Waals surface area contributed by atoms with Crippen LogP contribution in [-0.2, 0) is 4.74 Å². The molecule has 0 atom stereocenters. The molecule has 0 spiro atoms. The Morgan fingerprint density at radius 2 is 2.10 bits per heavy atom. The maximum Gasteiger partial charge on any atom is 0.104 e. The summed E-state index contributed by atoms with van der Waals surface area (Å²) in [6.07, 6.45) is 6.87. The predicted octanol–water partition coefficient (Wildman–Crippen LogP) is 3.84. The van der Waals surface area contributed by atoms with Crippen molar-refractivity contribution in [1.29, 1.82) is 0 Å². The lowest BCUT2D eigenvalue weighted by atomic mass is 9.98. The number of nitrogens with two attached hydrogens (primary N) is 1. The average Bonchev–Trinajstić information content (AvgIpc) is 2.46. The number of anilines is 1. The maximum absolute atomic E-state index is 5.89. The van der Waals surface area contributed by atoms with Crippen molar-refractivity contribution in [2.24, 2.45) is 5.73 Å². The van der Waals surface area contributed by atoms with E-state index >= 15 is 0 Å². The van der Waals surface area contributed by atoms with Crippen molar-refractivity contribution < 1.29 is 4.74 Å². The van der Waals surface area contributed by atoms with Crippen LogP contribution in [-0.4, -0.2) is 24.2 Å². The van der Waals surface area contributed by atoms with Crippen LogP contribution < -0.4 is 11.1 Å². The Hall–Kier alpha value is -0.650. The number of hydrogen-bond donors (Lipinski definition) is 2. The number of hydrogen-bond acceptors (Lipinski definition) is 3. The molecule has 1 aromatic rings. The maximum atomic E-state index is 5.89. The Morgan fingerprint density at radius 1 is 1.35 bits per heavy atom. The Bertz CT molecular complexity index is 461. The average molecular weight is 357 g/mol. The number of nitrogens with one attached hydrogen (secondary N) is 1. The Balaban J connectivity index is 1.74. The normalized spacial score (nSPS) is 16.1. The van der Waals surface area contributed by atoms with Gasteiger partial charge < -0.3 is 15.8 Å². The van der Waals surface area contributed by atoms with Gasteiger partial charge in [-0.05, 0) is 47.0 Å². The molecule has 0 unspecified atom stereocenters. The van der Waals surface area contributed by atoms with Gasteiger partial charge in [0, 0.05) is 22.3 Å². The number of thiocarbonyl (C=S) groups is 1. The van der Waals surface area contributed by atoms with Gasteiger partial charge in [0.2, 0.25) is 0 Å². The molecular weight excluding hydrogens is 336 g/mol. The van der Waals surface area contributed by atoms with Gasteiger partial charge in [-0.2, -0.15) is 0 Å². The SMILES string of the molecule is NC(=S)c1ccc(NCCOC2CCCCC2)c(Br)c1. The van der Waals surface area contributed by atoms with Crippen LogP contribution in [0.1, 0.15) is 37.7 Å². The zero-order valence-electron chi connectivity index (χ0n) is 11.5. The molecule has 110 valence electrons. The lowest BCUT2D eigenvalue weighted by Gasteiger charge is -2.22. The van der Waals surface area contributed by atoms with Gasteiger partial charge in [0.1, 0.15) is 4.99 Å². The van der Waals surface area contributed by atoms with E-state index in [-0.39, 0.29) is 0 Å². The van der Waals surface area contributed by atoms with Crippen LogP contribution in [0.4, 0.5) is 5.69 Å². The molecule has 0 heterocycles. The van der Waals surface area contributed by atoms with Crippen LogP contribution in [0.25, 0.3) is 0 Å². The van der Waals surface area contributed by atoms with E-state index in [0.29, 0.717) is 11.1 Å². The molecule has 3 nitrogen and oxygen atoms in total. The first-order valence-electron chi connectivity index (χ1n) is 7.11. The number of benzene rings is 1. The highest BCUT2D eigenvalue weighted by molar-refractivity contribution is 9.10. The second-order valence-electron chi connectivity index (χ2n) is 5.12. The Kier molecular flexibility index (Phi) is 6.26. The molecule has 3 N–H and O–H groups in total. The van der Waals surface area contributed by atoms with E-state index in [1.807, 2.05) is 18.2 Å². The van der Waals surface area contributed by atoms with Crippen LogP contribution in [0.5, 0.6) is 0 Å². The highest BCUT2D eigenvalue weighted by Gasteiger charge is 2.13. The van der Waals surface area contributed by atoms with E-state index < -0.39 is 0 Å². The van der Waals surface area contributed by atoms with Gasteiger partial charge >= 0.3 is 0 Å². The molecule has 1 aromatic carbocycles. The topological polar surface area (TPSA) is 47.3 Å². The quantitative estimate of drug-likeness (QED) is 0.600. The van der Waals surface area contributed by atoms with Crippen molar-refractivity contribution in [2.45, 2.75) is 38.2 Å². The minimum Gasteiger partial charge on any atom is -0.389 e. The molecule has 0 saturated heterocycles. The van der Waals surface area contributed by atoms with Gasteiger partial charge in [-0.25, -0.2) is 0 Å². The summed E-state index contributed by atoms with van der Waals surface area (Å²) in [6, 6.07) is 5.85. The minimum absolute atomic E-state index is 0.415. The van der Waals surface area contributed by atoms with Crippen molar-refractivity contribution >= 4 is 38.8 Å². The molecule has 5 heteroatoms. The third-order valence-electron chi connectivity index (χ3n) is 3.58. The first-order chi connectivity index (χ1) is 9.66. The summed E-state index contributed by atoms with van der Waals surface area (Å²) in [7, 11) is 0. The van der Waals surface area contributed by atoms with E-state index in [4.69, 9.17) is 22.7 Å². The molecule has 20 heavy (non-hydrogen) atoms. The van der Waals surface area contributed by atoms with E-state index in [1.165, 1.54) is 32.1 Å². The predicted molar refractivity (Wildman–Crippen MR) is 91.3 cm³/mol. The van der Waals surface area contributed by atoms with E-state index in [9.17, 15) is 0 Å². The summed E-state index contributed by atoms with van der Waals surface area (Å²) in [5, 5.41) is 3.36. The van der Waals surface area contributed by atoms with Crippen molar-refractivity contribution in [3.63, 3.8) is 0 Å². The summed E-state index contributed by atoms with van der Waals surface area (Å²) >= 11 is 8.49. The summed E-state index contributed by atoms with van der Waals surface area (Å²) in [6.45, 7) is 1.55. The van der Waals surface area contributed by atoms with Gasteiger partial charge in [-0.15, -0.1) is 0 Å². The van der Waals surface area contributed by atoms with Gasteiger partial charge in [-0.3, -0.25) is 0 Å². The molecule has 0 bridgehead atoms. The molecule has 1 saturated carbocycles. The first kappa shape index (κ1) is 15.7. The smallest absolute Gasteiger partial charge is 0.104 e. The molecule has 1 fully saturated rings. The monoisotopic (exact) mass is 356 g/mol. The molecule has 0 aromatic heterocycles. The van der Waals surface area contributed by atoms with Crippen molar-refractivity contribution in [2.75, 3.05) is 18.5 Å². The molecule has 1 aliphatic carbocycles. The highest BCUT2D eigenvalue weighted by atomic mass is 79.9. The second kappa shape index (κ2) is 7.96. The summed E-state index contributed by atoms with van der Waals surface area (Å²) < 4.78 is 6.86. The summed E-state index contributed by atoms with van der Waals surface area (Å²) in [5.41, 5.74) is 7.52. The van der Waals surface area contributed by atoms with Gasteiger partial charge in [0.15, 0.2) is 0 Å². The fourth-order valence-electron chi connectivity index (χ4n) is 2.45. The summed E-state index contributed by atoms with van der Waals surface area (Å²) in [4.78, 5) is 0.415. The fraction of sp³-hybridized carbons (Fsp3) is 0.533. The summed E-state index contributed by atoms with van der Waals surface area (Å²) in [5.74, 6) is 0.